The molecule has 3 nitrogen and oxygen atoms in total. The highest BCUT2D eigenvalue weighted by molar-refractivity contribution is 6.30. The molecule has 1 N–H and O–H groups in total. The third kappa shape index (κ3) is 2.99. The molecule has 1 heterocycles. The van der Waals surface area contributed by atoms with Crippen molar-refractivity contribution in [1.29, 1.82) is 0 Å². The summed E-state index contributed by atoms with van der Waals surface area (Å²) in [6.45, 7) is 7.12. The molecular weight excluding hydrogens is 272 g/mol. The molecule has 1 aromatic carbocycles. The maximum Gasteiger partial charge on any atom is 0.241 e. The fourth-order valence-corrected chi connectivity index (χ4v) is 2.91. The zero-order valence-electron chi connectivity index (χ0n) is 12.4. The van der Waals surface area contributed by atoms with Crippen LogP contribution in [0, 0.1) is 5.92 Å². The Morgan fingerprint density at radius 1 is 1.40 bits per heavy atom. The quantitative estimate of drug-likeness (QED) is 0.900. The first-order valence-corrected chi connectivity index (χ1v) is 7.78. The smallest absolute Gasteiger partial charge is 0.241 e. The number of hydrogen-bond acceptors (Lipinski definition) is 2. The minimum atomic E-state index is -0.0875. The van der Waals surface area contributed by atoms with Crippen LogP contribution >= 0.6 is 11.6 Å². The molecule has 1 amide bonds. The molecule has 3 atom stereocenters. The number of carbonyl (C=O) groups excluding carboxylic acids is 1. The van der Waals surface area contributed by atoms with E-state index in [-0.39, 0.29) is 18.1 Å². The number of hydrogen-bond donors (Lipinski definition) is 1. The molecular formula is C16H23ClN2O. The molecule has 0 radical (unpaired) electrons. The second-order valence-electron chi connectivity index (χ2n) is 5.52. The van der Waals surface area contributed by atoms with Crippen LogP contribution in [0.15, 0.2) is 24.3 Å². The van der Waals surface area contributed by atoms with Crippen LogP contribution in [0.5, 0.6) is 0 Å². The van der Waals surface area contributed by atoms with Gasteiger partial charge in [-0.25, -0.2) is 0 Å². The van der Waals surface area contributed by atoms with E-state index in [1.54, 1.807) is 0 Å². The Morgan fingerprint density at radius 3 is 2.75 bits per heavy atom. The molecule has 0 bridgehead atoms. The van der Waals surface area contributed by atoms with Crippen LogP contribution < -0.4 is 5.32 Å². The Hall–Kier alpha value is -1.06. The minimum Gasteiger partial charge on any atom is -0.322 e. The number of carbonyl (C=O) groups is 1. The van der Waals surface area contributed by atoms with E-state index in [9.17, 15) is 4.79 Å². The molecule has 1 fully saturated rings. The lowest BCUT2D eigenvalue weighted by Crippen LogP contribution is -2.35. The van der Waals surface area contributed by atoms with Gasteiger partial charge in [-0.1, -0.05) is 50.9 Å². The molecule has 1 aliphatic heterocycles. The first-order valence-electron chi connectivity index (χ1n) is 7.40. The Balaban J connectivity index is 2.28. The molecule has 1 saturated heterocycles. The van der Waals surface area contributed by atoms with Crippen molar-refractivity contribution in [2.75, 3.05) is 6.54 Å². The van der Waals surface area contributed by atoms with Crippen LogP contribution in [0.1, 0.15) is 45.3 Å². The zero-order chi connectivity index (χ0) is 14.7. The van der Waals surface area contributed by atoms with Gasteiger partial charge in [-0.15, -0.1) is 0 Å². The molecule has 20 heavy (non-hydrogen) atoms. The molecule has 110 valence electrons. The summed E-state index contributed by atoms with van der Waals surface area (Å²) in [5, 5.41) is 4.20. The lowest BCUT2D eigenvalue weighted by atomic mass is 9.99. The molecule has 0 aromatic heterocycles. The van der Waals surface area contributed by atoms with Gasteiger partial charge < -0.3 is 4.90 Å². The average molecular weight is 295 g/mol. The molecule has 1 aliphatic rings. The highest BCUT2D eigenvalue weighted by Gasteiger charge is 2.41. The summed E-state index contributed by atoms with van der Waals surface area (Å²) in [6.07, 6.45) is 1.89. The van der Waals surface area contributed by atoms with E-state index in [1.807, 2.05) is 29.2 Å². The van der Waals surface area contributed by atoms with Gasteiger partial charge in [0.25, 0.3) is 0 Å². The first kappa shape index (κ1) is 15.3. The summed E-state index contributed by atoms with van der Waals surface area (Å²) >= 11 is 6.08. The van der Waals surface area contributed by atoms with E-state index in [0.29, 0.717) is 10.9 Å². The normalized spacial score (nSPS) is 24.2. The predicted molar refractivity (Wildman–Crippen MR) is 82.6 cm³/mol. The predicted octanol–water partition coefficient (Wildman–Crippen LogP) is 3.60. The van der Waals surface area contributed by atoms with Crippen molar-refractivity contribution in [1.82, 2.24) is 10.2 Å². The van der Waals surface area contributed by atoms with E-state index in [2.05, 4.69) is 26.1 Å². The Morgan fingerprint density at radius 2 is 2.15 bits per heavy atom. The average Bonchev–Trinajstić information content (AvgIpc) is 2.76. The molecule has 3 unspecified atom stereocenters. The number of nitrogens with one attached hydrogen (secondary N) is 1. The number of benzene rings is 1. The van der Waals surface area contributed by atoms with Gasteiger partial charge in [-0.2, -0.15) is 0 Å². The number of halogens is 1. The molecule has 0 spiro atoms. The Bertz CT molecular complexity index is 477. The lowest BCUT2D eigenvalue weighted by molar-refractivity contribution is -0.131. The van der Waals surface area contributed by atoms with Crippen LogP contribution in [0.3, 0.4) is 0 Å². The van der Waals surface area contributed by atoms with Crippen LogP contribution in [-0.4, -0.2) is 23.4 Å². The van der Waals surface area contributed by atoms with Gasteiger partial charge >= 0.3 is 0 Å². The summed E-state index contributed by atoms with van der Waals surface area (Å²) in [6, 6.07) is 7.67. The number of nitrogens with zero attached hydrogens (tertiary/aromatic N) is 1. The largest absolute Gasteiger partial charge is 0.322 e. The van der Waals surface area contributed by atoms with Crippen molar-refractivity contribution in [3.63, 3.8) is 0 Å². The van der Waals surface area contributed by atoms with E-state index in [4.69, 9.17) is 11.6 Å². The van der Waals surface area contributed by atoms with Crippen molar-refractivity contribution >= 4 is 17.5 Å². The molecule has 0 aliphatic carbocycles. The summed E-state index contributed by atoms with van der Waals surface area (Å²) in [5.41, 5.74) is 1.06. The minimum absolute atomic E-state index is 0.0554. The van der Waals surface area contributed by atoms with E-state index in [1.165, 1.54) is 0 Å². The SMILES string of the molecule is CCCN1C(=O)C(C(C)CC)NC1c1cccc(Cl)c1. The summed E-state index contributed by atoms with van der Waals surface area (Å²) in [4.78, 5) is 14.5. The summed E-state index contributed by atoms with van der Waals surface area (Å²) < 4.78 is 0. The van der Waals surface area contributed by atoms with Gasteiger partial charge in [0.1, 0.15) is 6.17 Å². The van der Waals surface area contributed by atoms with Crippen LogP contribution in [-0.2, 0) is 4.79 Å². The highest BCUT2D eigenvalue weighted by atomic mass is 35.5. The van der Waals surface area contributed by atoms with Crippen LogP contribution in [0.25, 0.3) is 0 Å². The van der Waals surface area contributed by atoms with Gasteiger partial charge in [-0.3, -0.25) is 10.1 Å². The van der Waals surface area contributed by atoms with Crippen molar-refractivity contribution in [3.05, 3.63) is 34.9 Å². The van der Waals surface area contributed by atoms with Gasteiger partial charge in [0.05, 0.1) is 6.04 Å². The maximum absolute atomic E-state index is 12.6. The van der Waals surface area contributed by atoms with Crippen molar-refractivity contribution < 1.29 is 4.79 Å². The Kier molecular flexibility index (Phi) is 5.06. The second kappa shape index (κ2) is 6.59. The van der Waals surface area contributed by atoms with Crippen molar-refractivity contribution in [3.8, 4) is 0 Å². The van der Waals surface area contributed by atoms with Crippen molar-refractivity contribution in [2.45, 2.75) is 45.8 Å². The number of rotatable bonds is 5. The van der Waals surface area contributed by atoms with Gasteiger partial charge in [0, 0.05) is 11.6 Å². The first-order chi connectivity index (χ1) is 9.58. The fraction of sp³-hybridized carbons (Fsp3) is 0.562. The number of amides is 1. The van der Waals surface area contributed by atoms with E-state index < -0.39 is 0 Å². The van der Waals surface area contributed by atoms with Gasteiger partial charge in [0.15, 0.2) is 0 Å². The molecule has 4 heteroatoms. The monoisotopic (exact) mass is 294 g/mol. The van der Waals surface area contributed by atoms with Gasteiger partial charge in [-0.05, 0) is 30.0 Å². The molecule has 0 saturated carbocycles. The summed E-state index contributed by atoms with van der Waals surface area (Å²) in [5.74, 6) is 0.553. The summed E-state index contributed by atoms with van der Waals surface area (Å²) in [7, 11) is 0. The standard InChI is InChI=1S/C16H23ClN2O/c1-4-9-19-15(12-7-6-8-13(17)10-12)18-14(16(19)20)11(3)5-2/h6-8,10-11,14-15,18H,4-5,9H2,1-3H3. The zero-order valence-corrected chi connectivity index (χ0v) is 13.2. The van der Waals surface area contributed by atoms with E-state index >= 15 is 0 Å². The van der Waals surface area contributed by atoms with Crippen LogP contribution in [0.4, 0.5) is 0 Å². The lowest BCUT2D eigenvalue weighted by Gasteiger charge is -2.24. The fourth-order valence-electron chi connectivity index (χ4n) is 2.71. The van der Waals surface area contributed by atoms with E-state index in [0.717, 1.165) is 24.9 Å². The maximum atomic E-state index is 12.6. The topological polar surface area (TPSA) is 32.3 Å². The second-order valence-corrected chi connectivity index (χ2v) is 5.96. The molecule has 2 rings (SSSR count). The Labute approximate surface area is 126 Å². The van der Waals surface area contributed by atoms with Gasteiger partial charge in [0.2, 0.25) is 5.91 Å². The third-order valence-electron chi connectivity index (χ3n) is 4.04. The van der Waals surface area contributed by atoms with Crippen molar-refractivity contribution in [2.24, 2.45) is 5.92 Å². The highest BCUT2D eigenvalue weighted by Crippen LogP contribution is 2.30. The third-order valence-corrected chi connectivity index (χ3v) is 4.28. The molecule has 1 aromatic rings. The van der Waals surface area contributed by atoms with Crippen LogP contribution in [0.2, 0.25) is 5.02 Å².